The molecule has 2 fully saturated rings. The lowest BCUT2D eigenvalue weighted by Gasteiger charge is -2.38. The second kappa shape index (κ2) is 37.9. The Morgan fingerprint density at radius 1 is 0.600 bits per heavy atom. The lowest BCUT2D eigenvalue weighted by Crippen LogP contribution is -2.58. The van der Waals surface area contributed by atoms with Crippen LogP contribution in [0.25, 0.3) is 0 Å². The Morgan fingerprint density at radius 3 is 1.41 bits per heavy atom. The SMILES string of the molecule is CC(C)c1[nH]nc(O[C@@H]2O[C@H](CO)[C@@H](F)[C@H](O)[C@H]2O)c1Cc1ccc(CCCC(=O)NC(CO)(CO)CO)cc1.CC(C)c1nn(Cc2ccccc2)c(O[C@@H]2O[C@H](CO)[C@@H](F)[C@H](O)[C@H]2O)c1Cc1ccc(CCCC(=O)NC(CO)(CO)CO)cc1.CI.I. The molecule has 0 saturated carbocycles. The first kappa shape index (κ1) is 77.8. The molecule has 2 saturated heterocycles. The molecule has 0 radical (unpaired) electrons. The molecule has 2 amide bonds. The van der Waals surface area contributed by atoms with E-state index in [1.165, 1.54) is 0 Å². The number of rotatable bonds is 30. The molecule has 0 unspecified atom stereocenters. The maximum Gasteiger partial charge on any atom is 0.238 e. The third-order valence-corrected chi connectivity index (χ3v) is 15.4. The summed E-state index contributed by atoms with van der Waals surface area (Å²) in [5.74, 6) is -0.299. The number of aromatic nitrogens is 4. The molecule has 15 N–H and O–H groups in total. The molecule has 0 bridgehead atoms. The quantitative estimate of drug-likeness (QED) is 0.0231. The molecular weight excluding hydrogens is 1410 g/mol. The largest absolute Gasteiger partial charge is 0.445 e. The highest BCUT2D eigenvalue weighted by atomic mass is 127. The van der Waals surface area contributed by atoms with E-state index < -0.39 is 125 Å². The molecule has 2 aliphatic rings. The van der Waals surface area contributed by atoms with Crippen LogP contribution in [0.2, 0.25) is 0 Å². The molecule has 4 heterocycles. The van der Waals surface area contributed by atoms with Crippen molar-refractivity contribution in [3.05, 3.63) is 129 Å². The minimum atomic E-state index is -1.99. The first-order chi connectivity index (χ1) is 42.6. The van der Waals surface area contributed by atoms with Gasteiger partial charge in [-0.05, 0) is 70.3 Å². The molecule has 5 aromatic rings. The molecule has 3 aromatic carbocycles. The lowest BCUT2D eigenvalue weighted by molar-refractivity contribution is -0.266. The fraction of sp³-hybridized carbons (Fsp3) is 0.581. The van der Waals surface area contributed by atoms with Crippen LogP contribution in [0.5, 0.6) is 11.8 Å². The maximum absolute atomic E-state index is 14.5. The molecular formula is C62H90F2I2N6O18. The number of carbonyl (C=O) groups is 2. The predicted octanol–water partition coefficient (Wildman–Crippen LogP) is 2.06. The number of aliphatic hydroxyl groups excluding tert-OH is 12. The van der Waals surface area contributed by atoms with E-state index in [9.17, 15) is 79.6 Å². The predicted molar refractivity (Wildman–Crippen MR) is 345 cm³/mol. The number of nitrogens with one attached hydrogen (secondary N) is 3. The first-order valence-electron chi connectivity index (χ1n) is 29.5. The smallest absolute Gasteiger partial charge is 0.238 e. The number of alkyl halides is 3. The molecule has 28 heteroatoms. The van der Waals surface area contributed by atoms with Gasteiger partial charge in [-0.15, -0.1) is 29.1 Å². The van der Waals surface area contributed by atoms with Gasteiger partial charge in [0.1, 0.15) is 47.7 Å². The Bertz CT molecular complexity index is 2870. The molecule has 10 atom stereocenters. The summed E-state index contributed by atoms with van der Waals surface area (Å²) in [5, 5.41) is 134. The fourth-order valence-electron chi connectivity index (χ4n) is 9.95. The van der Waals surface area contributed by atoms with Crippen LogP contribution >= 0.6 is 46.6 Å². The van der Waals surface area contributed by atoms with Crippen molar-refractivity contribution < 1.29 is 98.6 Å². The van der Waals surface area contributed by atoms with Gasteiger partial charge < -0.3 is 90.9 Å². The monoisotopic (exact) mass is 1500 g/mol. The number of hydrogen-bond acceptors (Lipinski definition) is 20. The van der Waals surface area contributed by atoms with Crippen molar-refractivity contribution in [1.82, 2.24) is 30.6 Å². The topological polar surface area (TPSA) is 384 Å². The summed E-state index contributed by atoms with van der Waals surface area (Å²) in [6.07, 6.45) is -13.2. The van der Waals surface area contributed by atoms with Crippen molar-refractivity contribution in [3.8, 4) is 11.8 Å². The summed E-state index contributed by atoms with van der Waals surface area (Å²) in [6, 6.07) is 25.1. The van der Waals surface area contributed by atoms with Gasteiger partial charge in [-0.3, -0.25) is 14.7 Å². The van der Waals surface area contributed by atoms with Crippen molar-refractivity contribution in [3.63, 3.8) is 0 Å². The number of nitrogens with zero attached hydrogens (tertiary/aromatic N) is 3. The van der Waals surface area contributed by atoms with Crippen molar-refractivity contribution in [2.24, 2.45) is 0 Å². The number of ether oxygens (including phenoxy) is 4. The van der Waals surface area contributed by atoms with Crippen LogP contribution < -0.4 is 20.1 Å². The van der Waals surface area contributed by atoms with Crippen molar-refractivity contribution >= 4 is 58.4 Å². The van der Waals surface area contributed by atoms with Gasteiger partial charge >= 0.3 is 0 Å². The summed E-state index contributed by atoms with van der Waals surface area (Å²) < 4.78 is 53.2. The lowest BCUT2D eigenvalue weighted by atomic mass is 9.97. The fourth-order valence-corrected chi connectivity index (χ4v) is 9.95. The Morgan fingerprint density at radius 2 is 1.01 bits per heavy atom. The number of hydrogen-bond donors (Lipinski definition) is 15. The zero-order valence-electron chi connectivity index (χ0n) is 51.2. The molecule has 2 aliphatic heterocycles. The van der Waals surface area contributed by atoms with E-state index in [4.69, 9.17) is 24.0 Å². The van der Waals surface area contributed by atoms with Gasteiger partial charge in [0.05, 0.1) is 65.1 Å². The number of amides is 2. The van der Waals surface area contributed by atoms with E-state index >= 15 is 0 Å². The average Bonchev–Trinajstić information content (AvgIpc) is 1.62. The summed E-state index contributed by atoms with van der Waals surface area (Å²) in [6.45, 7) is 3.39. The summed E-state index contributed by atoms with van der Waals surface area (Å²) >= 11 is 2.15. The van der Waals surface area contributed by atoms with Crippen molar-refractivity contribution in [2.45, 2.75) is 170 Å². The van der Waals surface area contributed by atoms with Crippen molar-refractivity contribution in [1.29, 1.82) is 0 Å². The second-order valence-corrected chi connectivity index (χ2v) is 22.9. The maximum atomic E-state index is 14.5. The van der Waals surface area contributed by atoms with Crippen LogP contribution in [-0.4, -0.2) is 223 Å². The minimum Gasteiger partial charge on any atom is -0.445 e. The van der Waals surface area contributed by atoms with Crippen molar-refractivity contribution in [2.75, 3.05) is 57.8 Å². The zero-order chi connectivity index (χ0) is 65.6. The highest BCUT2D eigenvalue weighted by molar-refractivity contribution is 14.1. The van der Waals surface area contributed by atoms with Gasteiger partial charge in [0.15, 0.2) is 12.3 Å². The molecule has 24 nitrogen and oxygen atoms in total. The molecule has 504 valence electrons. The number of halogens is 4. The molecule has 0 aliphatic carbocycles. The molecule has 2 aromatic heterocycles. The Kier molecular flexibility index (Phi) is 32.8. The van der Waals surface area contributed by atoms with Gasteiger partial charge in [-0.25, -0.2) is 13.5 Å². The normalized spacial score (nSPS) is 21.8. The summed E-state index contributed by atoms with van der Waals surface area (Å²) in [7, 11) is 0. The number of aryl methyl sites for hydroxylation is 2. The van der Waals surface area contributed by atoms with E-state index in [-0.39, 0.29) is 66.3 Å². The summed E-state index contributed by atoms with van der Waals surface area (Å²) in [5.41, 5.74) is 4.86. The second-order valence-electron chi connectivity index (χ2n) is 22.9. The highest BCUT2D eigenvalue weighted by Crippen LogP contribution is 2.36. The number of benzene rings is 3. The molecule has 90 heavy (non-hydrogen) atoms. The van der Waals surface area contributed by atoms with Gasteiger partial charge in [-0.1, -0.05) is 129 Å². The van der Waals surface area contributed by atoms with Gasteiger partial charge in [0.25, 0.3) is 0 Å². The van der Waals surface area contributed by atoms with Crippen LogP contribution in [0.15, 0.2) is 78.9 Å². The van der Waals surface area contributed by atoms with Crippen LogP contribution in [0, 0.1) is 0 Å². The van der Waals surface area contributed by atoms with Gasteiger partial charge in [0.2, 0.25) is 36.2 Å². The molecule has 7 rings (SSSR count). The van der Waals surface area contributed by atoms with Crippen LogP contribution in [-0.2, 0) is 51.3 Å². The Labute approximate surface area is 553 Å². The van der Waals surface area contributed by atoms with E-state index in [2.05, 4.69) is 43.4 Å². The van der Waals surface area contributed by atoms with E-state index in [1.807, 2.05) is 111 Å². The first-order valence-corrected chi connectivity index (χ1v) is 31.7. The number of aliphatic hydroxyl groups is 12. The third-order valence-electron chi connectivity index (χ3n) is 15.4. The third kappa shape index (κ3) is 20.9. The van der Waals surface area contributed by atoms with E-state index in [0.717, 1.165) is 44.8 Å². The van der Waals surface area contributed by atoms with Crippen LogP contribution in [0.4, 0.5) is 8.78 Å². The van der Waals surface area contributed by atoms with Gasteiger partial charge in [-0.2, -0.15) is 5.10 Å². The number of carbonyl (C=O) groups excluding carboxylic acids is 2. The molecule has 0 spiro atoms. The Balaban J connectivity index is 0.000000375. The average molecular weight is 1500 g/mol. The van der Waals surface area contributed by atoms with Gasteiger partial charge in [0, 0.05) is 42.5 Å². The highest BCUT2D eigenvalue weighted by Gasteiger charge is 2.48. The summed E-state index contributed by atoms with van der Waals surface area (Å²) in [4.78, 5) is 26.5. The van der Waals surface area contributed by atoms with Crippen LogP contribution in [0.1, 0.15) is 116 Å². The zero-order valence-corrected chi connectivity index (χ0v) is 55.6. The standard InChI is InChI=1S/C34H46FN3O9.C27H40FN3O9.CH3I.HI/c1-21(2)29-25(15-23-13-11-22(12-14-23)9-6-10-27(43)36-34(18-40,19-41)20-42)32(38(37-29)16-24-7-4-3-5-8-24)47-33-31(45)30(44)28(35)26(17-39)46-33;1-15(2)22-18(25(31-30-22)40-26-24(38)23(37)21(28)19(11-32)39-26)10-17-8-6-16(7-9-17)4-3-5-20(36)29-27(12-33,13-34)14-35;1-2;/h3-5,7-8,11-14,21,26,28,30-31,33,39-42,44-45H,6,9-10,15-20H2,1-2H3,(H,36,43);6-9,15,19,21,23-24,26,32-35,37-38H,3-5,10-14H2,1-2H3,(H,29,36)(H,30,31);1H3;1H/t26-,28-,30+,31-,33+;19-,21-,23+,24-,26+;;/m11../s1. The number of aromatic amines is 1. The number of H-pyrrole nitrogens is 1. The van der Waals surface area contributed by atoms with E-state index in [0.29, 0.717) is 56.5 Å². The van der Waals surface area contributed by atoms with E-state index in [1.54, 1.807) is 4.68 Å². The minimum absolute atomic E-state index is 0. The van der Waals surface area contributed by atoms with Crippen LogP contribution in [0.3, 0.4) is 0 Å². The Hall–Kier alpha value is -4.62.